The number of aliphatic hydroxyl groups is 1. The molecular weight excluding hydrogens is 468 g/mol. The molecule has 1 atom stereocenters. The lowest BCUT2D eigenvalue weighted by Crippen LogP contribution is -2.46. The molecule has 2 saturated heterocycles. The fourth-order valence-corrected chi connectivity index (χ4v) is 6.67. The Balaban J connectivity index is 1.69. The van der Waals surface area contributed by atoms with Gasteiger partial charge >= 0.3 is 0 Å². The van der Waals surface area contributed by atoms with E-state index < -0.39 is 14.6 Å². The van der Waals surface area contributed by atoms with E-state index in [1.54, 1.807) is 0 Å². The van der Waals surface area contributed by atoms with Crippen LogP contribution in [0, 0.1) is 0 Å². The van der Waals surface area contributed by atoms with Gasteiger partial charge in [0.25, 0.3) is 0 Å². The molecule has 2 N–H and O–H groups in total. The van der Waals surface area contributed by atoms with Crippen LogP contribution in [-0.2, 0) is 30.7 Å². The molecule has 2 aliphatic heterocycles. The normalized spacial score (nSPS) is 20.9. The predicted molar refractivity (Wildman–Crippen MR) is 134 cm³/mol. The summed E-state index contributed by atoms with van der Waals surface area (Å²) in [6.45, 7) is 4.71. The number of hydrogen-bond acceptors (Lipinski definition) is 8. The van der Waals surface area contributed by atoms with Crippen LogP contribution in [0.15, 0.2) is 30.3 Å². The third kappa shape index (κ3) is 4.44. The molecule has 0 spiro atoms. The summed E-state index contributed by atoms with van der Waals surface area (Å²) in [5.41, 5.74) is 4.25. The molecule has 0 unspecified atom stereocenters. The molecule has 3 aromatic rings. The van der Waals surface area contributed by atoms with Crippen LogP contribution in [0.25, 0.3) is 22.4 Å². The van der Waals surface area contributed by atoms with Gasteiger partial charge in [-0.25, -0.2) is 18.4 Å². The van der Waals surface area contributed by atoms with E-state index in [-0.39, 0.29) is 12.6 Å². The molecule has 0 bridgehead atoms. The topological polar surface area (TPSA) is 118 Å². The summed E-state index contributed by atoms with van der Waals surface area (Å²) in [5, 5.41) is 9.48. The van der Waals surface area contributed by atoms with E-state index in [1.165, 1.54) is 6.26 Å². The van der Waals surface area contributed by atoms with Gasteiger partial charge in [-0.2, -0.15) is 0 Å². The van der Waals surface area contributed by atoms with Crippen LogP contribution in [0.2, 0.25) is 0 Å². The molecule has 2 aliphatic rings. The number of pyridine rings is 2. The fourth-order valence-electron chi connectivity index (χ4n) is 5.22. The van der Waals surface area contributed by atoms with Crippen LogP contribution in [-0.4, -0.2) is 73.7 Å². The first kappa shape index (κ1) is 24.2. The molecule has 0 amide bonds. The van der Waals surface area contributed by atoms with Gasteiger partial charge in [-0.1, -0.05) is 6.92 Å². The van der Waals surface area contributed by atoms with Crippen molar-refractivity contribution in [3.8, 4) is 11.4 Å². The second-order valence-electron chi connectivity index (χ2n) is 9.39. The highest BCUT2D eigenvalue weighted by Gasteiger charge is 2.44. The van der Waals surface area contributed by atoms with Crippen LogP contribution >= 0.6 is 0 Å². The molecule has 0 radical (unpaired) electrons. The maximum absolute atomic E-state index is 13.2. The zero-order valence-corrected chi connectivity index (χ0v) is 21.0. The van der Waals surface area contributed by atoms with E-state index in [2.05, 4.69) is 16.8 Å². The Hall–Kier alpha value is -2.53. The standard InChI is InChI=1S/C25H32N4O5S/c1-3-19-16-34-11-8-29(19)24-13-17(25(35(2,31)32)6-9-33-10-7-25)12-22(28-24)21-5-4-20-23(27-21)14-18(15-30)26-20/h4-5,12-14,19,26,30H,3,6-11,15-16H2,1-2H3/t19-/m0/s1. The van der Waals surface area contributed by atoms with Crippen molar-refractivity contribution < 1.29 is 23.0 Å². The number of anilines is 1. The van der Waals surface area contributed by atoms with E-state index in [0.717, 1.165) is 28.8 Å². The van der Waals surface area contributed by atoms with Gasteiger partial charge in [0.15, 0.2) is 9.84 Å². The van der Waals surface area contributed by atoms with Crippen LogP contribution in [0.1, 0.15) is 37.4 Å². The van der Waals surface area contributed by atoms with E-state index >= 15 is 0 Å². The zero-order chi connectivity index (χ0) is 24.6. The van der Waals surface area contributed by atoms with Crippen molar-refractivity contribution in [3.63, 3.8) is 0 Å². The van der Waals surface area contributed by atoms with Gasteiger partial charge in [-0.15, -0.1) is 0 Å². The van der Waals surface area contributed by atoms with Gasteiger partial charge in [0.1, 0.15) is 10.6 Å². The van der Waals surface area contributed by atoms with Gasteiger partial charge in [0.05, 0.1) is 48.3 Å². The largest absolute Gasteiger partial charge is 0.390 e. The molecule has 0 saturated carbocycles. The third-order valence-electron chi connectivity index (χ3n) is 7.30. The fraction of sp³-hybridized carbons (Fsp3) is 0.520. The Labute approximate surface area is 205 Å². The van der Waals surface area contributed by atoms with Gasteiger partial charge < -0.3 is 24.5 Å². The SMILES string of the molecule is CC[C@H]1COCCN1c1cc(C2(S(C)(=O)=O)CCOCC2)cc(-c2ccc3[nH]c(CO)cc3n2)n1. The van der Waals surface area contributed by atoms with Crippen molar-refractivity contribution >= 4 is 26.7 Å². The van der Waals surface area contributed by atoms with E-state index in [1.807, 2.05) is 30.3 Å². The number of H-pyrrole nitrogens is 1. The lowest BCUT2D eigenvalue weighted by Gasteiger charge is -2.39. The minimum atomic E-state index is -3.44. The number of aromatic nitrogens is 3. The number of sulfone groups is 1. The molecule has 2 fully saturated rings. The highest BCUT2D eigenvalue weighted by atomic mass is 32.2. The first-order valence-corrected chi connectivity index (χ1v) is 14.0. The summed E-state index contributed by atoms with van der Waals surface area (Å²) in [5.74, 6) is 0.745. The Morgan fingerprint density at radius 2 is 1.91 bits per heavy atom. The number of ether oxygens (including phenoxy) is 2. The van der Waals surface area contributed by atoms with Crippen LogP contribution < -0.4 is 4.90 Å². The molecule has 35 heavy (non-hydrogen) atoms. The quantitative estimate of drug-likeness (QED) is 0.531. The average Bonchev–Trinajstić information content (AvgIpc) is 3.31. The number of hydrogen-bond donors (Lipinski definition) is 2. The minimum Gasteiger partial charge on any atom is -0.390 e. The third-order valence-corrected chi connectivity index (χ3v) is 9.37. The average molecular weight is 501 g/mol. The maximum Gasteiger partial charge on any atom is 0.157 e. The molecule has 188 valence electrons. The second-order valence-corrected chi connectivity index (χ2v) is 11.7. The summed E-state index contributed by atoms with van der Waals surface area (Å²) >= 11 is 0. The summed E-state index contributed by atoms with van der Waals surface area (Å²) in [6.07, 6.45) is 3.02. The summed E-state index contributed by atoms with van der Waals surface area (Å²) in [7, 11) is -3.44. The van der Waals surface area contributed by atoms with Crippen molar-refractivity contribution in [2.24, 2.45) is 0 Å². The Morgan fingerprint density at radius 1 is 1.11 bits per heavy atom. The van der Waals surface area contributed by atoms with Crippen molar-refractivity contribution in [1.29, 1.82) is 0 Å². The molecular formula is C25H32N4O5S. The first-order chi connectivity index (χ1) is 16.8. The Morgan fingerprint density at radius 3 is 2.63 bits per heavy atom. The number of morpholine rings is 1. The molecule has 3 aromatic heterocycles. The van der Waals surface area contributed by atoms with Gasteiger partial charge in [-0.05, 0) is 55.2 Å². The van der Waals surface area contributed by atoms with E-state index in [4.69, 9.17) is 19.4 Å². The number of aliphatic hydroxyl groups excluding tert-OH is 1. The van der Waals surface area contributed by atoms with Crippen LogP contribution in [0.4, 0.5) is 5.82 Å². The van der Waals surface area contributed by atoms with Crippen molar-refractivity contribution in [2.45, 2.75) is 43.6 Å². The number of fused-ring (bicyclic) bond motifs is 1. The number of nitrogens with one attached hydrogen (secondary N) is 1. The number of rotatable bonds is 6. The molecule has 10 heteroatoms. The Kier molecular flexibility index (Phi) is 6.56. The van der Waals surface area contributed by atoms with E-state index in [0.29, 0.717) is 62.9 Å². The van der Waals surface area contributed by atoms with E-state index in [9.17, 15) is 13.5 Å². The monoisotopic (exact) mass is 500 g/mol. The number of nitrogens with zero attached hydrogens (tertiary/aromatic N) is 3. The summed E-state index contributed by atoms with van der Waals surface area (Å²) in [4.78, 5) is 15.1. The molecule has 0 aromatic carbocycles. The smallest absolute Gasteiger partial charge is 0.157 e. The zero-order valence-electron chi connectivity index (χ0n) is 20.2. The molecule has 5 heterocycles. The minimum absolute atomic E-state index is 0.0992. The molecule has 9 nitrogen and oxygen atoms in total. The number of aromatic amines is 1. The lowest BCUT2D eigenvalue weighted by atomic mass is 9.90. The van der Waals surface area contributed by atoms with Crippen LogP contribution in [0.5, 0.6) is 0 Å². The second kappa shape index (κ2) is 9.50. The van der Waals surface area contributed by atoms with Crippen molar-refractivity contribution in [3.05, 3.63) is 41.6 Å². The highest BCUT2D eigenvalue weighted by molar-refractivity contribution is 7.91. The lowest BCUT2D eigenvalue weighted by molar-refractivity contribution is 0.0741. The summed E-state index contributed by atoms with van der Waals surface area (Å²) < 4.78 is 36.7. The Bertz CT molecular complexity index is 1320. The van der Waals surface area contributed by atoms with Crippen molar-refractivity contribution in [2.75, 3.05) is 44.1 Å². The highest BCUT2D eigenvalue weighted by Crippen LogP contribution is 2.42. The van der Waals surface area contributed by atoms with Crippen LogP contribution in [0.3, 0.4) is 0 Å². The first-order valence-electron chi connectivity index (χ1n) is 12.1. The summed E-state index contributed by atoms with van der Waals surface area (Å²) in [6, 6.07) is 9.59. The molecule has 0 aliphatic carbocycles. The van der Waals surface area contributed by atoms with Crippen molar-refractivity contribution in [1.82, 2.24) is 15.0 Å². The molecule has 5 rings (SSSR count). The predicted octanol–water partition coefficient (Wildman–Crippen LogP) is 2.78. The van der Waals surface area contributed by atoms with Gasteiger partial charge in [-0.3, -0.25) is 0 Å². The van der Waals surface area contributed by atoms with Gasteiger partial charge in [0, 0.05) is 31.7 Å². The maximum atomic E-state index is 13.2. The van der Waals surface area contributed by atoms with Gasteiger partial charge in [0.2, 0.25) is 0 Å².